The van der Waals surface area contributed by atoms with Gasteiger partial charge in [0.15, 0.2) is 0 Å². The molecule has 1 aromatic rings. The van der Waals surface area contributed by atoms with Gasteiger partial charge in [-0.15, -0.1) is 0 Å². The van der Waals surface area contributed by atoms with Gasteiger partial charge < -0.3 is 0 Å². The van der Waals surface area contributed by atoms with Crippen LogP contribution in [-0.2, 0) is 0 Å². The Balaban J connectivity index is 2.63. The Bertz CT molecular complexity index is 423. The average molecular weight is 220 g/mol. The van der Waals surface area contributed by atoms with Crippen LogP contribution in [0.5, 0.6) is 0 Å². The minimum absolute atomic E-state index is 0.0424. The van der Waals surface area contributed by atoms with E-state index < -0.39 is 4.92 Å². The molecule has 0 aliphatic rings. The van der Waals surface area contributed by atoms with Gasteiger partial charge >= 0.3 is 0 Å². The molecule has 6 nitrogen and oxygen atoms in total. The summed E-state index contributed by atoms with van der Waals surface area (Å²) in [5, 5.41) is 14.3. The van der Waals surface area contributed by atoms with Crippen molar-refractivity contribution in [2.75, 3.05) is 5.43 Å². The summed E-state index contributed by atoms with van der Waals surface area (Å²) in [6.07, 6.45) is 4.73. The predicted molar refractivity (Wildman–Crippen MR) is 62.4 cm³/mol. The van der Waals surface area contributed by atoms with Crippen molar-refractivity contribution in [3.8, 4) is 0 Å². The molecule has 16 heavy (non-hydrogen) atoms. The van der Waals surface area contributed by atoms with E-state index in [0.717, 1.165) is 5.57 Å². The molecule has 0 aliphatic heterocycles. The van der Waals surface area contributed by atoms with Gasteiger partial charge in [0.2, 0.25) is 0 Å². The number of nitro groups is 1. The number of nitrogens with zero attached hydrogens (tertiary/aromatic N) is 3. The lowest BCUT2D eigenvalue weighted by Crippen LogP contribution is -1.94. The molecule has 1 aromatic heterocycles. The zero-order chi connectivity index (χ0) is 12.0. The quantitative estimate of drug-likeness (QED) is 0.479. The van der Waals surface area contributed by atoms with E-state index in [1.807, 2.05) is 19.9 Å². The van der Waals surface area contributed by atoms with Gasteiger partial charge in [0, 0.05) is 12.3 Å². The van der Waals surface area contributed by atoms with E-state index in [4.69, 9.17) is 0 Å². The van der Waals surface area contributed by atoms with Crippen molar-refractivity contribution in [3.63, 3.8) is 0 Å². The summed E-state index contributed by atoms with van der Waals surface area (Å²) in [5.41, 5.74) is 3.64. The van der Waals surface area contributed by atoms with Crippen LogP contribution in [0.3, 0.4) is 0 Å². The molecule has 0 spiro atoms. The maximum atomic E-state index is 10.4. The van der Waals surface area contributed by atoms with E-state index in [1.165, 1.54) is 18.3 Å². The van der Waals surface area contributed by atoms with Crippen molar-refractivity contribution in [2.45, 2.75) is 13.8 Å². The summed E-state index contributed by atoms with van der Waals surface area (Å²) in [6.45, 7) is 3.82. The topological polar surface area (TPSA) is 80.4 Å². The number of hydrazone groups is 1. The van der Waals surface area contributed by atoms with Gasteiger partial charge in [0.05, 0.1) is 4.92 Å². The van der Waals surface area contributed by atoms with Crippen molar-refractivity contribution in [3.05, 3.63) is 40.1 Å². The maximum Gasteiger partial charge on any atom is 0.287 e. The summed E-state index contributed by atoms with van der Waals surface area (Å²) in [4.78, 5) is 13.7. The molecule has 0 aliphatic carbocycles. The van der Waals surface area contributed by atoms with Gasteiger partial charge in [-0.3, -0.25) is 15.5 Å². The Morgan fingerprint density at radius 1 is 1.62 bits per heavy atom. The highest BCUT2D eigenvalue weighted by molar-refractivity contribution is 5.78. The van der Waals surface area contributed by atoms with Crippen LogP contribution in [0.25, 0.3) is 0 Å². The number of nitrogens with one attached hydrogen (secondary N) is 1. The largest absolute Gasteiger partial charge is 0.287 e. The smallest absolute Gasteiger partial charge is 0.261 e. The van der Waals surface area contributed by atoms with E-state index in [0.29, 0.717) is 5.82 Å². The highest BCUT2D eigenvalue weighted by Crippen LogP contribution is 2.11. The molecular weight excluding hydrogens is 208 g/mol. The monoisotopic (exact) mass is 220 g/mol. The fourth-order valence-electron chi connectivity index (χ4n) is 0.835. The normalized spacial score (nSPS) is 11.8. The number of rotatable bonds is 4. The first-order valence-corrected chi connectivity index (χ1v) is 4.66. The molecule has 1 N–H and O–H groups in total. The minimum atomic E-state index is -0.496. The SMILES string of the molecule is C/C=C(C)/C=N\Nc1ccc([N+](=O)[O-])cn1. The standard InChI is InChI=1S/C10H12N4O2/c1-3-8(2)6-12-13-10-5-4-9(7-11-10)14(15)16/h3-7H,1-2H3,(H,11,13)/b8-3+,12-6-. The van der Waals surface area contributed by atoms with Crippen molar-refractivity contribution < 1.29 is 4.92 Å². The second-order valence-electron chi connectivity index (χ2n) is 3.06. The lowest BCUT2D eigenvalue weighted by atomic mass is 10.3. The third-order valence-corrected chi connectivity index (χ3v) is 1.86. The fraction of sp³-hybridized carbons (Fsp3) is 0.200. The van der Waals surface area contributed by atoms with Gasteiger partial charge in [0.25, 0.3) is 5.69 Å². The highest BCUT2D eigenvalue weighted by Gasteiger charge is 2.03. The third kappa shape index (κ3) is 3.49. The van der Waals surface area contributed by atoms with Crippen LogP contribution in [-0.4, -0.2) is 16.1 Å². The van der Waals surface area contributed by atoms with Crippen LogP contribution in [0.15, 0.2) is 35.1 Å². The third-order valence-electron chi connectivity index (χ3n) is 1.86. The predicted octanol–water partition coefficient (Wildman–Crippen LogP) is 2.35. The Kier molecular flexibility index (Phi) is 4.14. The van der Waals surface area contributed by atoms with Gasteiger partial charge in [-0.25, -0.2) is 4.98 Å². The van der Waals surface area contributed by atoms with Gasteiger partial charge in [-0.05, 0) is 25.5 Å². The molecule has 0 atom stereocenters. The van der Waals surface area contributed by atoms with Crippen molar-refractivity contribution in [1.82, 2.24) is 4.98 Å². The van der Waals surface area contributed by atoms with E-state index in [-0.39, 0.29) is 5.69 Å². The van der Waals surface area contributed by atoms with Crippen LogP contribution in [0.1, 0.15) is 13.8 Å². The highest BCUT2D eigenvalue weighted by atomic mass is 16.6. The second kappa shape index (κ2) is 5.59. The minimum Gasteiger partial charge on any atom is -0.261 e. The number of hydrogen-bond acceptors (Lipinski definition) is 5. The first-order valence-electron chi connectivity index (χ1n) is 4.66. The Morgan fingerprint density at radius 3 is 2.88 bits per heavy atom. The number of allylic oxidation sites excluding steroid dienone is 2. The van der Waals surface area contributed by atoms with Crippen LogP contribution in [0, 0.1) is 10.1 Å². The van der Waals surface area contributed by atoms with E-state index >= 15 is 0 Å². The zero-order valence-corrected chi connectivity index (χ0v) is 9.04. The maximum absolute atomic E-state index is 10.4. The molecular formula is C10H12N4O2. The lowest BCUT2D eigenvalue weighted by Gasteiger charge is -1.97. The van der Waals surface area contributed by atoms with Gasteiger partial charge in [0.1, 0.15) is 12.0 Å². The zero-order valence-electron chi connectivity index (χ0n) is 9.04. The Hall–Kier alpha value is -2.24. The molecule has 0 radical (unpaired) electrons. The van der Waals surface area contributed by atoms with Crippen molar-refractivity contribution in [2.24, 2.45) is 5.10 Å². The van der Waals surface area contributed by atoms with E-state index in [2.05, 4.69) is 15.5 Å². The molecule has 0 unspecified atom stereocenters. The molecule has 1 rings (SSSR count). The van der Waals surface area contributed by atoms with Gasteiger partial charge in [-0.2, -0.15) is 5.10 Å². The lowest BCUT2D eigenvalue weighted by molar-refractivity contribution is -0.385. The van der Waals surface area contributed by atoms with E-state index in [1.54, 1.807) is 6.21 Å². The van der Waals surface area contributed by atoms with Crippen LogP contribution < -0.4 is 5.43 Å². The number of hydrogen-bond donors (Lipinski definition) is 1. The summed E-state index contributed by atoms with van der Waals surface area (Å²) >= 11 is 0. The van der Waals surface area contributed by atoms with Crippen LogP contribution in [0.4, 0.5) is 11.5 Å². The first-order chi connectivity index (χ1) is 7.63. The molecule has 0 saturated heterocycles. The summed E-state index contributed by atoms with van der Waals surface area (Å²) in [6, 6.07) is 2.87. The summed E-state index contributed by atoms with van der Waals surface area (Å²) in [7, 11) is 0. The molecule has 6 heteroatoms. The van der Waals surface area contributed by atoms with Gasteiger partial charge in [-0.1, -0.05) is 6.08 Å². The Morgan fingerprint density at radius 2 is 2.38 bits per heavy atom. The first kappa shape index (κ1) is 11.8. The number of pyridine rings is 1. The van der Waals surface area contributed by atoms with E-state index in [9.17, 15) is 10.1 Å². The Labute approximate surface area is 92.9 Å². The molecule has 0 bridgehead atoms. The number of aromatic nitrogens is 1. The number of anilines is 1. The molecule has 84 valence electrons. The van der Waals surface area contributed by atoms with Crippen molar-refractivity contribution >= 4 is 17.7 Å². The van der Waals surface area contributed by atoms with Crippen molar-refractivity contribution in [1.29, 1.82) is 0 Å². The van der Waals surface area contributed by atoms with Crippen LogP contribution in [0.2, 0.25) is 0 Å². The van der Waals surface area contributed by atoms with Crippen LogP contribution >= 0.6 is 0 Å². The average Bonchev–Trinajstić information content (AvgIpc) is 2.29. The molecule has 0 fully saturated rings. The molecule has 0 saturated carbocycles. The second-order valence-corrected chi connectivity index (χ2v) is 3.06. The molecule has 1 heterocycles. The fourth-order valence-corrected chi connectivity index (χ4v) is 0.835. The molecule has 0 amide bonds. The summed E-state index contributed by atoms with van der Waals surface area (Å²) in [5.74, 6) is 0.464. The summed E-state index contributed by atoms with van der Waals surface area (Å²) < 4.78 is 0. The molecule has 0 aromatic carbocycles.